The van der Waals surface area contributed by atoms with Crippen molar-refractivity contribution in [3.8, 4) is 0 Å². The molecule has 2 bridgehead atoms. The van der Waals surface area contributed by atoms with Gasteiger partial charge < -0.3 is 14.8 Å². The molecule has 0 unspecified atom stereocenters. The number of carbonyl (C=O) groups is 2. The van der Waals surface area contributed by atoms with Gasteiger partial charge in [0.1, 0.15) is 0 Å². The maximum Gasteiger partial charge on any atom is 0.328 e. The van der Waals surface area contributed by atoms with Crippen LogP contribution in [-0.2, 0) is 23.1 Å². The van der Waals surface area contributed by atoms with Crippen LogP contribution in [0.4, 0.5) is 0 Å². The summed E-state index contributed by atoms with van der Waals surface area (Å²) in [5.74, 6) is 0.823. The molecule has 4 heterocycles. The minimum Gasteiger partial charge on any atom is -0.342 e. The van der Waals surface area contributed by atoms with Crippen LogP contribution in [0.5, 0.6) is 0 Å². The van der Waals surface area contributed by atoms with E-state index >= 15 is 0 Å². The highest BCUT2D eigenvalue weighted by atomic mass is 16.2. The zero-order valence-corrected chi connectivity index (χ0v) is 17.2. The Morgan fingerprint density at radius 1 is 1.21 bits per heavy atom. The third-order valence-electron chi connectivity index (χ3n) is 7.03. The molecule has 4 rings (SSSR count). The Morgan fingerprint density at radius 3 is 2.72 bits per heavy atom. The Balaban J connectivity index is 1.55. The van der Waals surface area contributed by atoms with E-state index in [-0.39, 0.29) is 30.3 Å². The van der Waals surface area contributed by atoms with Gasteiger partial charge in [-0.25, -0.2) is 4.79 Å². The number of piperidine rings is 3. The first-order chi connectivity index (χ1) is 13.9. The highest BCUT2D eigenvalue weighted by Gasteiger charge is 2.49. The van der Waals surface area contributed by atoms with E-state index in [1.807, 2.05) is 4.90 Å². The van der Waals surface area contributed by atoms with Crippen LogP contribution < -0.4 is 11.2 Å². The summed E-state index contributed by atoms with van der Waals surface area (Å²) in [4.78, 5) is 56.1. The van der Waals surface area contributed by atoms with Crippen LogP contribution in [0.1, 0.15) is 51.0 Å². The van der Waals surface area contributed by atoms with Crippen molar-refractivity contribution in [2.24, 2.45) is 18.9 Å². The van der Waals surface area contributed by atoms with Crippen molar-refractivity contribution in [2.75, 3.05) is 13.1 Å². The number of hydrogen-bond acceptors (Lipinski definition) is 4. The van der Waals surface area contributed by atoms with E-state index in [1.54, 1.807) is 0 Å². The number of aromatic nitrogens is 2. The second-order valence-electron chi connectivity index (χ2n) is 8.83. The number of amides is 2. The largest absolute Gasteiger partial charge is 0.342 e. The molecule has 3 fully saturated rings. The molecular weight excluding hydrogens is 372 g/mol. The summed E-state index contributed by atoms with van der Waals surface area (Å²) in [7, 11) is 1.41. The first-order valence-electron chi connectivity index (χ1n) is 10.8. The highest BCUT2D eigenvalue weighted by Crippen LogP contribution is 2.42. The van der Waals surface area contributed by atoms with Crippen molar-refractivity contribution < 1.29 is 9.59 Å². The third-order valence-corrected chi connectivity index (χ3v) is 7.03. The van der Waals surface area contributed by atoms with E-state index in [2.05, 4.69) is 16.8 Å². The monoisotopic (exact) mass is 402 g/mol. The van der Waals surface area contributed by atoms with Gasteiger partial charge in [0.15, 0.2) is 0 Å². The molecule has 8 nitrogen and oxygen atoms in total. The molecule has 29 heavy (non-hydrogen) atoms. The molecule has 0 aliphatic carbocycles. The van der Waals surface area contributed by atoms with Crippen LogP contribution in [0.2, 0.25) is 0 Å². The standard InChI is InChI=1S/C21H30N4O4/c1-3-5-16-14-8-15(17-6-4-7-18(26)25(16)17)12-24(11-14)19(27)9-13-10-22-21(29)23(2)20(13)28/h10,14-17H,3-9,11-12H2,1-2H3,(H,22,29)/t14-,15+,16-,17-/m0/s1. The van der Waals surface area contributed by atoms with Gasteiger partial charge in [-0.3, -0.25) is 19.0 Å². The van der Waals surface area contributed by atoms with Crippen LogP contribution >= 0.6 is 0 Å². The fraction of sp³-hybridized carbons (Fsp3) is 0.714. The van der Waals surface area contributed by atoms with Crippen molar-refractivity contribution >= 4 is 11.8 Å². The van der Waals surface area contributed by atoms with Crippen molar-refractivity contribution in [1.29, 1.82) is 0 Å². The normalized spacial score (nSPS) is 29.0. The smallest absolute Gasteiger partial charge is 0.328 e. The lowest BCUT2D eigenvalue weighted by Crippen LogP contribution is -2.65. The molecule has 3 aliphatic rings. The fourth-order valence-electron chi connectivity index (χ4n) is 5.66. The van der Waals surface area contributed by atoms with E-state index in [0.29, 0.717) is 36.9 Å². The Bertz CT molecular complexity index is 920. The lowest BCUT2D eigenvalue weighted by atomic mass is 9.71. The number of H-pyrrole nitrogens is 1. The molecule has 158 valence electrons. The van der Waals surface area contributed by atoms with E-state index in [4.69, 9.17) is 0 Å². The van der Waals surface area contributed by atoms with Crippen LogP contribution in [0, 0.1) is 11.8 Å². The molecule has 1 N–H and O–H groups in total. The van der Waals surface area contributed by atoms with Crippen molar-refractivity contribution in [2.45, 2.75) is 64.0 Å². The van der Waals surface area contributed by atoms with Gasteiger partial charge in [-0.1, -0.05) is 13.3 Å². The summed E-state index contributed by atoms with van der Waals surface area (Å²) < 4.78 is 0.996. The van der Waals surface area contributed by atoms with Crippen LogP contribution in [0.3, 0.4) is 0 Å². The zero-order chi connectivity index (χ0) is 20.7. The number of carbonyl (C=O) groups excluding carboxylic acids is 2. The minimum atomic E-state index is -0.483. The van der Waals surface area contributed by atoms with Crippen molar-refractivity contribution in [3.63, 3.8) is 0 Å². The molecule has 4 atom stereocenters. The van der Waals surface area contributed by atoms with Gasteiger partial charge in [-0.2, -0.15) is 0 Å². The molecule has 0 spiro atoms. The molecular formula is C21H30N4O4. The maximum absolute atomic E-state index is 13.0. The minimum absolute atomic E-state index is 0.00531. The number of likely N-dealkylation sites (tertiary alicyclic amines) is 1. The average Bonchev–Trinajstić information content (AvgIpc) is 2.71. The SMILES string of the molecule is CCC[C@H]1[C@H]2C[C@H](CN(C(=O)Cc3c[nH]c(=O)n(C)c3=O)C2)[C@@H]2CCCC(=O)N21. The van der Waals surface area contributed by atoms with Crippen molar-refractivity contribution in [1.82, 2.24) is 19.4 Å². The molecule has 8 heteroatoms. The van der Waals surface area contributed by atoms with Crippen LogP contribution in [0.15, 0.2) is 15.8 Å². The fourth-order valence-corrected chi connectivity index (χ4v) is 5.66. The first kappa shape index (κ1) is 19.9. The molecule has 1 aromatic rings. The summed E-state index contributed by atoms with van der Waals surface area (Å²) in [6.07, 6.45) is 7.01. The highest BCUT2D eigenvalue weighted by molar-refractivity contribution is 5.79. The van der Waals surface area contributed by atoms with Gasteiger partial charge in [0.25, 0.3) is 5.56 Å². The quantitative estimate of drug-likeness (QED) is 0.800. The number of hydrogen-bond donors (Lipinski definition) is 1. The lowest BCUT2D eigenvalue weighted by molar-refractivity contribution is -0.156. The summed E-state index contributed by atoms with van der Waals surface area (Å²) in [5.41, 5.74) is -0.595. The average molecular weight is 402 g/mol. The van der Waals surface area contributed by atoms with E-state index in [1.165, 1.54) is 13.2 Å². The predicted octanol–water partition coefficient (Wildman–Crippen LogP) is 0.644. The summed E-state index contributed by atoms with van der Waals surface area (Å²) >= 11 is 0. The number of fused-ring (bicyclic) bond motifs is 4. The van der Waals surface area contributed by atoms with Gasteiger partial charge >= 0.3 is 5.69 Å². The summed E-state index contributed by atoms with van der Waals surface area (Å²) in [5, 5.41) is 0. The van der Waals surface area contributed by atoms with Gasteiger partial charge in [-0.05, 0) is 37.5 Å². The molecule has 3 saturated heterocycles. The zero-order valence-electron chi connectivity index (χ0n) is 17.2. The van der Waals surface area contributed by atoms with Gasteiger partial charge in [-0.15, -0.1) is 0 Å². The van der Waals surface area contributed by atoms with Crippen LogP contribution in [0.25, 0.3) is 0 Å². The molecule has 0 aromatic carbocycles. The number of rotatable bonds is 4. The topological polar surface area (TPSA) is 95.5 Å². The van der Waals surface area contributed by atoms with Gasteiger partial charge in [0.05, 0.1) is 6.42 Å². The Morgan fingerprint density at radius 2 is 1.97 bits per heavy atom. The maximum atomic E-state index is 13.0. The predicted molar refractivity (Wildman–Crippen MR) is 107 cm³/mol. The van der Waals surface area contributed by atoms with Gasteiger partial charge in [0.2, 0.25) is 11.8 Å². The molecule has 2 amide bonds. The lowest BCUT2D eigenvalue weighted by Gasteiger charge is -2.56. The Kier molecular flexibility index (Phi) is 5.36. The van der Waals surface area contributed by atoms with Gasteiger partial charge in [0, 0.05) is 50.4 Å². The molecule has 1 aromatic heterocycles. The number of aromatic amines is 1. The Hall–Kier alpha value is -2.38. The molecule has 0 radical (unpaired) electrons. The number of nitrogens with zero attached hydrogens (tertiary/aromatic N) is 3. The summed E-state index contributed by atoms with van der Waals surface area (Å²) in [6, 6.07) is 0.450. The first-order valence-corrected chi connectivity index (χ1v) is 10.8. The van der Waals surface area contributed by atoms with Crippen LogP contribution in [-0.4, -0.2) is 56.3 Å². The second-order valence-corrected chi connectivity index (χ2v) is 8.83. The second kappa shape index (κ2) is 7.80. The third kappa shape index (κ3) is 3.53. The summed E-state index contributed by atoms with van der Waals surface area (Å²) in [6.45, 7) is 3.43. The van der Waals surface area contributed by atoms with Crippen molar-refractivity contribution in [3.05, 3.63) is 32.6 Å². The van der Waals surface area contributed by atoms with E-state index in [0.717, 1.165) is 36.7 Å². The number of nitrogens with one attached hydrogen (secondary N) is 1. The van der Waals surface area contributed by atoms with E-state index < -0.39 is 11.2 Å². The molecule has 0 saturated carbocycles. The molecule has 3 aliphatic heterocycles. The van der Waals surface area contributed by atoms with E-state index in [9.17, 15) is 19.2 Å². The Labute approximate surface area is 169 Å².